The van der Waals surface area contributed by atoms with Crippen LogP contribution in [0.5, 0.6) is 0 Å². The van der Waals surface area contributed by atoms with Crippen LogP contribution >= 0.6 is 0 Å². The van der Waals surface area contributed by atoms with E-state index in [1.807, 2.05) is 0 Å². The van der Waals surface area contributed by atoms with Gasteiger partial charge in [-0.05, 0) is 25.8 Å². The fourth-order valence-corrected chi connectivity index (χ4v) is 1.20. The molecule has 0 aromatic heterocycles. The summed E-state index contributed by atoms with van der Waals surface area (Å²) in [7, 11) is 0. The van der Waals surface area contributed by atoms with Gasteiger partial charge >= 0.3 is 0 Å². The lowest BCUT2D eigenvalue weighted by Gasteiger charge is -2.13. The molecule has 0 saturated carbocycles. The summed E-state index contributed by atoms with van der Waals surface area (Å²) < 4.78 is 0. The zero-order valence-electron chi connectivity index (χ0n) is 9.89. The third-order valence-corrected chi connectivity index (χ3v) is 2.11. The number of amides is 1. The molecule has 14 heavy (non-hydrogen) atoms. The molecule has 0 rings (SSSR count). The SMILES string of the molecule is CCN[C@H](C)CNC(=O)CCC(C)C. The Kier molecular flexibility index (Phi) is 7.48. The van der Waals surface area contributed by atoms with Gasteiger partial charge < -0.3 is 10.6 Å². The molecule has 2 N–H and O–H groups in total. The van der Waals surface area contributed by atoms with Gasteiger partial charge in [-0.25, -0.2) is 0 Å². The molecule has 0 radical (unpaired) electrons. The Morgan fingerprint density at radius 2 is 1.93 bits per heavy atom. The lowest BCUT2D eigenvalue weighted by Crippen LogP contribution is -2.38. The lowest BCUT2D eigenvalue weighted by atomic mass is 10.1. The van der Waals surface area contributed by atoms with Crippen molar-refractivity contribution in [1.82, 2.24) is 10.6 Å². The number of carbonyl (C=O) groups is 1. The molecule has 0 fully saturated rings. The first kappa shape index (κ1) is 13.4. The predicted octanol–water partition coefficient (Wildman–Crippen LogP) is 1.54. The van der Waals surface area contributed by atoms with Gasteiger partial charge in [0.25, 0.3) is 0 Å². The number of carbonyl (C=O) groups excluding carboxylic acids is 1. The van der Waals surface area contributed by atoms with Crippen LogP contribution in [0.4, 0.5) is 0 Å². The minimum atomic E-state index is 0.170. The molecule has 3 heteroatoms. The van der Waals surface area contributed by atoms with Crippen LogP contribution in [0.2, 0.25) is 0 Å². The van der Waals surface area contributed by atoms with Crippen LogP contribution in [-0.4, -0.2) is 25.0 Å². The lowest BCUT2D eigenvalue weighted by molar-refractivity contribution is -0.121. The summed E-state index contributed by atoms with van der Waals surface area (Å²) in [6, 6.07) is 0.364. The van der Waals surface area contributed by atoms with Crippen LogP contribution in [0.15, 0.2) is 0 Å². The number of rotatable bonds is 7. The monoisotopic (exact) mass is 200 g/mol. The van der Waals surface area contributed by atoms with Crippen LogP contribution in [-0.2, 0) is 4.79 Å². The largest absolute Gasteiger partial charge is 0.355 e. The van der Waals surface area contributed by atoms with E-state index in [1.165, 1.54) is 0 Å². The van der Waals surface area contributed by atoms with Crippen molar-refractivity contribution >= 4 is 5.91 Å². The number of likely N-dealkylation sites (N-methyl/N-ethyl adjacent to an activating group) is 1. The van der Waals surface area contributed by atoms with Gasteiger partial charge in [-0.1, -0.05) is 20.8 Å². The standard InChI is InChI=1S/C11H24N2O/c1-5-12-10(4)8-13-11(14)7-6-9(2)3/h9-10,12H,5-8H2,1-4H3,(H,13,14)/t10-/m1/s1. The van der Waals surface area contributed by atoms with Crippen LogP contribution < -0.4 is 10.6 Å². The maximum atomic E-state index is 11.3. The van der Waals surface area contributed by atoms with E-state index in [1.54, 1.807) is 0 Å². The van der Waals surface area contributed by atoms with E-state index in [4.69, 9.17) is 0 Å². The first-order valence-electron chi connectivity index (χ1n) is 5.56. The number of hydrogen-bond donors (Lipinski definition) is 2. The van der Waals surface area contributed by atoms with E-state index < -0.39 is 0 Å². The van der Waals surface area contributed by atoms with Gasteiger partial charge in [-0.15, -0.1) is 0 Å². The van der Waals surface area contributed by atoms with Gasteiger partial charge in [0.2, 0.25) is 5.91 Å². The van der Waals surface area contributed by atoms with Crippen LogP contribution in [0.3, 0.4) is 0 Å². The molecule has 3 nitrogen and oxygen atoms in total. The third-order valence-electron chi connectivity index (χ3n) is 2.11. The molecule has 0 aromatic carbocycles. The molecule has 84 valence electrons. The zero-order valence-corrected chi connectivity index (χ0v) is 9.89. The van der Waals surface area contributed by atoms with Crippen molar-refractivity contribution in [3.05, 3.63) is 0 Å². The van der Waals surface area contributed by atoms with Gasteiger partial charge in [-0.2, -0.15) is 0 Å². The normalized spacial score (nSPS) is 12.9. The predicted molar refractivity (Wildman–Crippen MR) is 60.2 cm³/mol. The quantitative estimate of drug-likeness (QED) is 0.654. The highest BCUT2D eigenvalue weighted by Gasteiger charge is 2.04. The van der Waals surface area contributed by atoms with Crippen molar-refractivity contribution in [3.8, 4) is 0 Å². The second-order valence-corrected chi connectivity index (χ2v) is 4.20. The van der Waals surface area contributed by atoms with Crippen LogP contribution in [0.1, 0.15) is 40.5 Å². The first-order chi connectivity index (χ1) is 6.56. The third kappa shape index (κ3) is 8.05. The van der Waals surface area contributed by atoms with E-state index in [0.717, 1.165) is 19.5 Å². The molecule has 0 aliphatic rings. The van der Waals surface area contributed by atoms with Crippen LogP contribution in [0.25, 0.3) is 0 Å². The molecule has 1 atom stereocenters. The summed E-state index contributed by atoms with van der Waals surface area (Å²) in [5.41, 5.74) is 0. The molecule has 0 bridgehead atoms. The Balaban J connectivity index is 3.43. The fourth-order valence-electron chi connectivity index (χ4n) is 1.20. The van der Waals surface area contributed by atoms with E-state index in [-0.39, 0.29) is 5.91 Å². The molecule has 0 aliphatic carbocycles. The molecule has 0 saturated heterocycles. The van der Waals surface area contributed by atoms with Gasteiger partial charge in [0, 0.05) is 19.0 Å². The summed E-state index contributed by atoms with van der Waals surface area (Å²) in [6.45, 7) is 10.1. The first-order valence-corrected chi connectivity index (χ1v) is 5.56. The second-order valence-electron chi connectivity index (χ2n) is 4.20. The smallest absolute Gasteiger partial charge is 0.220 e. The Morgan fingerprint density at radius 3 is 2.43 bits per heavy atom. The summed E-state index contributed by atoms with van der Waals surface area (Å²) in [5.74, 6) is 0.774. The average molecular weight is 200 g/mol. The molecule has 1 amide bonds. The van der Waals surface area contributed by atoms with Crippen molar-refractivity contribution in [1.29, 1.82) is 0 Å². The molecular weight excluding hydrogens is 176 g/mol. The maximum Gasteiger partial charge on any atom is 0.220 e. The van der Waals surface area contributed by atoms with Crippen molar-refractivity contribution in [2.45, 2.75) is 46.6 Å². The van der Waals surface area contributed by atoms with Gasteiger partial charge in [0.15, 0.2) is 0 Å². The van der Waals surface area contributed by atoms with Crippen LogP contribution in [0, 0.1) is 5.92 Å². The molecule has 0 heterocycles. The summed E-state index contributed by atoms with van der Waals surface area (Å²) in [6.07, 6.45) is 1.62. The summed E-state index contributed by atoms with van der Waals surface area (Å²) in [5, 5.41) is 6.17. The Morgan fingerprint density at radius 1 is 1.29 bits per heavy atom. The maximum absolute atomic E-state index is 11.3. The Hall–Kier alpha value is -0.570. The van der Waals surface area contributed by atoms with Crippen molar-refractivity contribution in [2.24, 2.45) is 5.92 Å². The van der Waals surface area contributed by atoms with Gasteiger partial charge in [-0.3, -0.25) is 4.79 Å². The van der Waals surface area contributed by atoms with Crippen molar-refractivity contribution in [3.63, 3.8) is 0 Å². The topological polar surface area (TPSA) is 41.1 Å². The summed E-state index contributed by atoms with van der Waals surface area (Å²) in [4.78, 5) is 11.3. The average Bonchev–Trinajstić information content (AvgIpc) is 2.12. The minimum Gasteiger partial charge on any atom is -0.355 e. The van der Waals surface area contributed by atoms with Crippen molar-refractivity contribution in [2.75, 3.05) is 13.1 Å². The highest BCUT2D eigenvalue weighted by molar-refractivity contribution is 5.75. The van der Waals surface area contributed by atoms with Gasteiger partial charge in [0.1, 0.15) is 0 Å². The molecule has 0 unspecified atom stereocenters. The fraction of sp³-hybridized carbons (Fsp3) is 0.909. The minimum absolute atomic E-state index is 0.170. The van der Waals surface area contributed by atoms with E-state index >= 15 is 0 Å². The second kappa shape index (κ2) is 7.80. The zero-order chi connectivity index (χ0) is 11.0. The number of nitrogens with one attached hydrogen (secondary N) is 2. The van der Waals surface area contributed by atoms with E-state index in [9.17, 15) is 4.79 Å². The number of hydrogen-bond acceptors (Lipinski definition) is 2. The molecule has 0 aromatic rings. The molecular formula is C11H24N2O. The summed E-state index contributed by atoms with van der Waals surface area (Å²) >= 11 is 0. The highest BCUT2D eigenvalue weighted by atomic mass is 16.1. The highest BCUT2D eigenvalue weighted by Crippen LogP contribution is 2.02. The van der Waals surface area contributed by atoms with E-state index in [2.05, 4.69) is 38.3 Å². The molecule has 0 aliphatic heterocycles. The Labute approximate surface area is 87.6 Å². The van der Waals surface area contributed by atoms with Gasteiger partial charge in [0.05, 0.1) is 0 Å². The van der Waals surface area contributed by atoms with E-state index in [0.29, 0.717) is 18.4 Å². The molecule has 0 spiro atoms. The van der Waals surface area contributed by atoms with Crippen molar-refractivity contribution < 1.29 is 4.79 Å². The Bertz CT molecular complexity index is 157.